The molecule has 0 spiro atoms. The topological polar surface area (TPSA) is 84.0 Å². The van der Waals surface area contributed by atoms with Crippen molar-refractivity contribution < 1.29 is 19.1 Å². The van der Waals surface area contributed by atoms with Gasteiger partial charge in [-0.3, -0.25) is 14.5 Å². The lowest BCUT2D eigenvalue weighted by Crippen LogP contribution is -2.46. The summed E-state index contributed by atoms with van der Waals surface area (Å²) in [6.07, 6.45) is 4.65. The summed E-state index contributed by atoms with van der Waals surface area (Å²) in [5, 5.41) is 6.03. The third-order valence-electron chi connectivity index (χ3n) is 7.14. The summed E-state index contributed by atoms with van der Waals surface area (Å²) in [7, 11) is 3.48. The number of benzene rings is 1. The lowest BCUT2D eigenvalue weighted by Gasteiger charge is -2.35. The van der Waals surface area contributed by atoms with Crippen molar-refractivity contribution in [2.75, 3.05) is 39.2 Å². The van der Waals surface area contributed by atoms with Gasteiger partial charge in [-0.05, 0) is 43.9 Å². The second-order valence-electron chi connectivity index (χ2n) is 9.78. The quantitative estimate of drug-likeness (QED) is 0.671. The first kappa shape index (κ1) is 25.6. The standard InChI is InChI=1S/C26H36N4O4S/c1-17-13-30(15-24-27-10-11-35-24)18(2)16-34-22-9-8-20(28-25(31)19-6-5-7-19)12-21(22)26(32)29(3)14-23(17)33-4/h8-12,17-19,23H,5-7,13-16H2,1-4H3,(H,28,31)/t17-,18-,23-/m0/s1. The number of ether oxygens (including phenoxy) is 2. The number of rotatable bonds is 5. The molecular weight excluding hydrogens is 464 g/mol. The summed E-state index contributed by atoms with van der Waals surface area (Å²) in [5.41, 5.74) is 1.06. The highest BCUT2D eigenvalue weighted by atomic mass is 32.1. The number of amides is 2. The lowest BCUT2D eigenvalue weighted by molar-refractivity contribution is -0.122. The molecule has 0 unspecified atom stereocenters. The molecule has 1 aliphatic carbocycles. The predicted octanol–water partition coefficient (Wildman–Crippen LogP) is 3.89. The molecule has 9 heteroatoms. The van der Waals surface area contributed by atoms with Gasteiger partial charge in [-0.25, -0.2) is 4.98 Å². The Morgan fingerprint density at radius 1 is 1.29 bits per heavy atom. The maximum absolute atomic E-state index is 13.5. The number of carbonyl (C=O) groups is 2. The Labute approximate surface area is 211 Å². The van der Waals surface area contributed by atoms with Crippen molar-refractivity contribution in [1.29, 1.82) is 0 Å². The van der Waals surface area contributed by atoms with Crippen LogP contribution in [0, 0.1) is 11.8 Å². The van der Waals surface area contributed by atoms with E-state index >= 15 is 0 Å². The van der Waals surface area contributed by atoms with E-state index in [0.717, 1.165) is 37.4 Å². The SMILES string of the molecule is CO[C@H]1CN(C)C(=O)c2cc(NC(=O)C3CCC3)ccc2OC[C@H](C)N(Cc2nccs2)C[C@@H]1C. The number of fused-ring (bicyclic) bond motifs is 1. The Kier molecular flexibility index (Phi) is 8.41. The van der Waals surface area contributed by atoms with Gasteiger partial charge in [0, 0.05) is 56.5 Å². The summed E-state index contributed by atoms with van der Waals surface area (Å²) in [6, 6.07) is 5.43. The molecule has 1 N–H and O–H groups in total. The zero-order valence-electron chi connectivity index (χ0n) is 21.0. The van der Waals surface area contributed by atoms with Gasteiger partial charge in [0.1, 0.15) is 17.4 Å². The number of likely N-dealkylation sites (N-methyl/N-ethyl adjacent to an activating group) is 1. The highest BCUT2D eigenvalue weighted by Gasteiger charge is 2.29. The summed E-state index contributed by atoms with van der Waals surface area (Å²) in [6.45, 7) is 6.69. The van der Waals surface area contributed by atoms with Crippen molar-refractivity contribution in [1.82, 2.24) is 14.8 Å². The first-order chi connectivity index (χ1) is 16.9. The smallest absolute Gasteiger partial charge is 0.257 e. The second kappa shape index (κ2) is 11.5. The van der Waals surface area contributed by atoms with Crippen molar-refractivity contribution in [3.8, 4) is 5.75 Å². The fourth-order valence-electron chi connectivity index (χ4n) is 4.57. The van der Waals surface area contributed by atoms with Crippen molar-refractivity contribution in [3.63, 3.8) is 0 Å². The van der Waals surface area contributed by atoms with Crippen molar-refractivity contribution in [2.24, 2.45) is 11.8 Å². The molecule has 2 heterocycles. The van der Waals surface area contributed by atoms with E-state index in [-0.39, 0.29) is 35.8 Å². The summed E-state index contributed by atoms with van der Waals surface area (Å²) >= 11 is 1.65. The number of hydrogen-bond donors (Lipinski definition) is 1. The zero-order valence-corrected chi connectivity index (χ0v) is 21.8. The first-order valence-electron chi connectivity index (χ1n) is 12.3. The minimum absolute atomic E-state index is 0.0193. The van der Waals surface area contributed by atoms with Crippen LogP contribution in [-0.2, 0) is 16.1 Å². The van der Waals surface area contributed by atoms with Gasteiger partial charge >= 0.3 is 0 Å². The van der Waals surface area contributed by atoms with Gasteiger partial charge in [0.05, 0.1) is 18.2 Å². The molecule has 190 valence electrons. The van der Waals surface area contributed by atoms with E-state index in [1.807, 2.05) is 17.6 Å². The number of nitrogens with zero attached hydrogens (tertiary/aromatic N) is 3. The Bertz CT molecular complexity index is 1010. The molecule has 8 nitrogen and oxygen atoms in total. The van der Waals surface area contributed by atoms with Crippen LogP contribution in [0.15, 0.2) is 29.8 Å². The Morgan fingerprint density at radius 3 is 2.74 bits per heavy atom. The fourth-order valence-corrected chi connectivity index (χ4v) is 5.21. The van der Waals surface area contributed by atoms with Crippen LogP contribution in [0.3, 0.4) is 0 Å². The Balaban J connectivity index is 1.60. The maximum Gasteiger partial charge on any atom is 0.257 e. The van der Waals surface area contributed by atoms with E-state index in [0.29, 0.717) is 30.2 Å². The summed E-state index contributed by atoms with van der Waals surface area (Å²) in [4.78, 5) is 34.5. The van der Waals surface area contributed by atoms with Crippen LogP contribution in [0.2, 0.25) is 0 Å². The van der Waals surface area contributed by atoms with Crippen LogP contribution in [0.4, 0.5) is 5.69 Å². The van der Waals surface area contributed by atoms with Crippen LogP contribution in [0.25, 0.3) is 0 Å². The van der Waals surface area contributed by atoms with Gasteiger partial charge in [-0.15, -0.1) is 11.3 Å². The molecule has 0 radical (unpaired) electrons. The Hall–Kier alpha value is -2.49. The number of aromatic nitrogens is 1. The molecule has 1 aromatic heterocycles. The fraction of sp³-hybridized carbons (Fsp3) is 0.577. The van der Waals surface area contributed by atoms with Gasteiger partial charge in [0.15, 0.2) is 0 Å². The second-order valence-corrected chi connectivity index (χ2v) is 10.8. The molecule has 1 aromatic carbocycles. The van der Waals surface area contributed by atoms with Gasteiger partial charge in [0.25, 0.3) is 5.91 Å². The highest BCUT2D eigenvalue weighted by Crippen LogP contribution is 2.30. The monoisotopic (exact) mass is 500 g/mol. The number of anilines is 1. The predicted molar refractivity (Wildman–Crippen MR) is 137 cm³/mol. The minimum Gasteiger partial charge on any atom is -0.491 e. The van der Waals surface area contributed by atoms with Crippen LogP contribution < -0.4 is 10.1 Å². The number of carbonyl (C=O) groups excluding carboxylic acids is 2. The molecule has 35 heavy (non-hydrogen) atoms. The number of hydrogen-bond acceptors (Lipinski definition) is 7. The normalized spacial score (nSPS) is 24.5. The zero-order chi connectivity index (χ0) is 24.9. The molecule has 1 fully saturated rings. The van der Waals surface area contributed by atoms with Crippen LogP contribution in [-0.4, -0.2) is 72.6 Å². The molecule has 0 saturated heterocycles. The van der Waals surface area contributed by atoms with E-state index in [9.17, 15) is 9.59 Å². The molecule has 0 bridgehead atoms. The van der Waals surface area contributed by atoms with Crippen LogP contribution in [0.1, 0.15) is 48.5 Å². The molecule has 1 saturated carbocycles. The largest absolute Gasteiger partial charge is 0.491 e. The lowest BCUT2D eigenvalue weighted by atomic mass is 9.85. The first-order valence-corrected chi connectivity index (χ1v) is 13.2. The summed E-state index contributed by atoms with van der Waals surface area (Å²) < 4.78 is 12.1. The molecule has 4 rings (SSSR count). The average molecular weight is 501 g/mol. The van der Waals surface area contributed by atoms with Gasteiger partial charge < -0.3 is 19.7 Å². The van der Waals surface area contributed by atoms with E-state index in [1.165, 1.54) is 0 Å². The molecule has 2 aromatic rings. The number of thiazole rings is 1. The Morgan fingerprint density at radius 2 is 2.09 bits per heavy atom. The van der Waals surface area contributed by atoms with Crippen LogP contribution in [0.5, 0.6) is 5.75 Å². The molecule has 2 aliphatic rings. The van der Waals surface area contributed by atoms with Crippen molar-refractivity contribution in [3.05, 3.63) is 40.3 Å². The van der Waals surface area contributed by atoms with E-state index in [2.05, 4.69) is 29.0 Å². The van der Waals surface area contributed by atoms with Crippen molar-refractivity contribution in [2.45, 2.75) is 51.8 Å². The third kappa shape index (κ3) is 6.20. The number of methoxy groups -OCH3 is 1. The average Bonchev–Trinajstić information content (AvgIpc) is 3.31. The summed E-state index contributed by atoms with van der Waals surface area (Å²) in [5.74, 6) is 0.642. The van der Waals surface area contributed by atoms with Crippen LogP contribution >= 0.6 is 11.3 Å². The third-order valence-corrected chi connectivity index (χ3v) is 7.90. The number of nitrogens with one attached hydrogen (secondary N) is 1. The molecule has 3 atom stereocenters. The van der Waals surface area contributed by atoms with Gasteiger partial charge in [0.2, 0.25) is 5.91 Å². The molecule has 2 amide bonds. The van der Waals surface area contributed by atoms with Gasteiger partial charge in [-0.1, -0.05) is 13.3 Å². The maximum atomic E-state index is 13.5. The highest BCUT2D eigenvalue weighted by molar-refractivity contribution is 7.09. The minimum atomic E-state index is -0.151. The van der Waals surface area contributed by atoms with Crippen molar-refractivity contribution >= 4 is 28.8 Å². The molecular formula is C26H36N4O4S. The van der Waals surface area contributed by atoms with Gasteiger partial charge in [-0.2, -0.15) is 0 Å². The van der Waals surface area contributed by atoms with E-state index in [1.54, 1.807) is 42.5 Å². The van der Waals surface area contributed by atoms with E-state index in [4.69, 9.17) is 9.47 Å². The van der Waals surface area contributed by atoms with E-state index < -0.39 is 0 Å². The molecule has 1 aliphatic heterocycles.